The van der Waals surface area contributed by atoms with Gasteiger partial charge in [-0.2, -0.15) is 0 Å². The summed E-state index contributed by atoms with van der Waals surface area (Å²) in [5.74, 6) is -1.92. The second-order valence-electron chi connectivity index (χ2n) is 8.26. The molecule has 2 aliphatic heterocycles. The monoisotopic (exact) mass is 538 g/mol. The van der Waals surface area contributed by atoms with Crippen LogP contribution in [0.3, 0.4) is 0 Å². The number of guanidine groups is 2. The summed E-state index contributed by atoms with van der Waals surface area (Å²) >= 11 is 0. The molecular formula is C18H34N8O11. The molecule has 0 aromatic heterocycles. The molecule has 37 heavy (non-hydrogen) atoms. The highest BCUT2D eigenvalue weighted by atomic mass is 16.8. The molecule has 212 valence electrons. The second-order valence-corrected chi connectivity index (χ2v) is 8.26. The molecule has 2 saturated heterocycles. The summed E-state index contributed by atoms with van der Waals surface area (Å²) in [6, 6.07) is 0. The summed E-state index contributed by atoms with van der Waals surface area (Å²) in [7, 11) is 0. The zero-order valence-corrected chi connectivity index (χ0v) is 19.5. The van der Waals surface area contributed by atoms with Gasteiger partial charge in [0.05, 0.1) is 0 Å². The molecule has 0 aromatic carbocycles. The average Bonchev–Trinajstić information content (AvgIpc) is 2.84. The lowest BCUT2D eigenvalue weighted by Crippen LogP contribution is -2.64. The van der Waals surface area contributed by atoms with E-state index in [1.807, 2.05) is 0 Å². The lowest BCUT2D eigenvalue weighted by Gasteiger charge is -2.45. The minimum Gasteiger partial charge on any atom is -0.388 e. The van der Waals surface area contributed by atoms with Crippen molar-refractivity contribution in [2.24, 2.45) is 32.9 Å². The molecule has 10 atom stereocenters. The first-order chi connectivity index (χ1) is 17.3. The number of carbonyl (C=O) groups is 2. The van der Waals surface area contributed by atoms with E-state index >= 15 is 0 Å². The number of amides is 2. The van der Waals surface area contributed by atoms with E-state index in [4.69, 9.17) is 37.1 Å². The normalized spacial score (nSPS) is 35.7. The lowest BCUT2D eigenvalue weighted by molar-refractivity contribution is -0.372. The maximum Gasteiger partial charge on any atom is 0.241 e. The van der Waals surface area contributed by atoms with Crippen molar-refractivity contribution in [3.05, 3.63) is 0 Å². The van der Waals surface area contributed by atoms with Gasteiger partial charge in [-0.1, -0.05) is 0 Å². The Bertz CT molecular complexity index is 774. The minimum absolute atomic E-state index is 0.318. The van der Waals surface area contributed by atoms with Crippen LogP contribution in [0.2, 0.25) is 0 Å². The van der Waals surface area contributed by atoms with Crippen molar-refractivity contribution in [1.82, 2.24) is 10.6 Å². The zero-order valence-electron chi connectivity index (χ0n) is 19.5. The number of aliphatic hydroxyl groups excluding tert-OH is 6. The predicted molar refractivity (Wildman–Crippen MR) is 122 cm³/mol. The van der Waals surface area contributed by atoms with Crippen LogP contribution >= 0.6 is 0 Å². The number of hydrogen-bond donors (Lipinski definition) is 12. The van der Waals surface area contributed by atoms with Gasteiger partial charge in [0, 0.05) is 13.1 Å². The van der Waals surface area contributed by atoms with Gasteiger partial charge in [0.2, 0.25) is 11.8 Å². The van der Waals surface area contributed by atoms with Crippen LogP contribution < -0.4 is 33.6 Å². The smallest absolute Gasteiger partial charge is 0.241 e. The Balaban J connectivity index is 2.02. The fraction of sp³-hybridized carbons (Fsp3) is 0.778. The molecule has 2 amide bonds. The largest absolute Gasteiger partial charge is 0.388 e. The van der Waals surface area contributed by atoms with Crippen LogP contribution in [-0.4, -0.2) is 142 Å². The van der Waals surface area contributed by atoms with Gasteiger partial charge < -0.3 is 78.4 Å². The number of nitrogens with two attached hydrogens (primary N) is 4. The Hall–Kier alpha value is -2.88. The zero-order chi connectivity index (χ0) is 27.9. The first-order valence-electron chi connectivity index (χ1n) is 11.0. The first-order valence-corrected chi connectivity index (χ1v) is 11.0. The molecule has 2 heterocycles. The Morgan fingerprint density at radius 3 is 1.32 bits per heavy atom. The van der Waals surface area contributed by atoms with Gasteiger partial charge in [-0.3, -0.25) is 9.59 Å². The number of ether oxygens (including phenoxy) is 3. The lowest BCUT2D eigenvalue weighted by atomic mass is 9.97. The summed E-state index contributed by atoms with van der Waals surface area (Å²) in [4.78, 5) is 30.6. The van der Waals surface area contributed by atoms with E-state index in [9.17, 15) is 40.2 Å². The number of rotatable bonds is 10. The Kier molecular flexibility index (Phi) is 11.2. The SMILES string of the molecule is NC(N)=NCC(=O)NC[C@H]1O[C@H](O[C@H]2O[C@H](CNC(=O)CN=C(N)N)[C@@H](O)[C@H](O)[C@H]2O)[C@H](O)[C@@H](O)[C@@H]1O. The van der Waals surface area contributed by atoms with Crippen LogP contribution in [-0.2, 0) is 23.8 Å². The molecule has 0 spiro atoms. The molecule has 0 aromatic rings. The van der Waals surface area contributed by atoms with Crippen LogP contribution in [0.15, 0.2) is 9.98 Å². The van der Waals surface area contributed by atoms with Crippen molar-refractivity contribution in [3.63, 3.8) is 0 Å². The summed E-state index contributed by atoms with van der Waals surface area (Å²) in [6.07, 6.45) is -16.7. The fourth-order valence-corrected chi connectivity index (χ4v) is 3.39. The third-order valence-electron chi connectivity index (χ3n) is 5.42. The second kappa shape index (κ2) is 13.6. The fourth-order valence-electron chi connectivity index (χ4n) is 3.39. The first kappa shape index (κ1) is 30.3. The summed E-state index contributed by atoms with van der Waals surface area (Å²) in [5.41, 5.74) is 20.6. The van der Waals surface area contributed by atoms with Gasteiger partial charge >= 0.3 is 0 Å². The Labute approximate surface area is 210 Å². The van der Waals surface area contributed by atoms with E-state index < -0.39 is 86.3 Å². The molecule has 0 bridgehead atoms. The van der Waals surface area contributed by atoms with Crippen LogP contribution in [0, 0.1) is 0 Å². The maximum absolute atomic E-state index is 11.8. The molecule has 0 aliphatic carbocycles. The van der Waals surface area contributed by atoms with Crippen LogP contribution in [0.5, 0.6) is 0 Å². The highest BCUT2D eigenvalue weighted by Crippen LogP contribution is 2.28. The number of aliphatic hydroxyl groups is 6. The van der Waals surface area contributed by atoms with Gasteiger partial charge in [0.25, 0.3) is 0 Å². The van der Waals surface area contributed by atoms with Crippen molar-refractivity contribution in [2.45, 2.75) is 61.4 Å². The molecule has 0 saturated carbocycles. The topological polar surface area (TPSA) is 336 Å². The maximum atomic E-state index is 11.8. The molecule has 19 heteroatoms. The highest BCUT2D eigenvalue weighted by Gasteiger charge is 2.49. The van der Waals surface area contributed by atoms with E-state index in [0.717, 1.165) is 0 Å². The van der Waals surface area contributed by atoms with Crippen molar-refractivity contribution in [3.8, 4) is 0 Å². The number of carbonyl (C=O) groups excluding carboxylic acids is 2. The van der Waals surface area contributed by atoms with Gasteiger partial charge in [0.1, 0.15) is 61.9 Å². The summed E-state index contributed by atoms with van der Waals surface area (Å²) < 4.78 is 16.3. The number of aliphatic imine (C=N–C) groups is 2. The molecule has 2 aliphatic rings. The molecule has 0 unspecified atom stereocenters. The number of hydrogen-bond acceptors (Lipinski definition) is 13. The third-order valence-corrected chi connectivity index (χ3v) is 5.42. The average molecular weight is 539 g/mol. The van der Waals surface area contributed by atoms with E-state index in [1.54, 1.807) is 0 Å². The Morgan fingerprint density at radius 1 is 0.649 bits per heavy atom. The van der Waals surface area contributed by atoms with Crippen LogP contribution in [0.1, 0.15) is 0 Å². The molecule has 0 radical (unpaired) electrons. The molecule has 2 fully saturated rings. The third kappa shape index (κ3) is 8.59. The van der Waals surface area contributed by atoms with Crippen LogP contribution in [0.25, 0.3) is 0 Å². The van der Waals surface area contributed by atoms with Gasteiger partial charge in [-0.25, -0.2) is 9.98 Å². The van der Waals surface area contributed by atoms with E-state index in [2.05, 4.69) is 20.6 Å². The number of nitrogens with one attached hydrogen (secondary N) is 2. The molecule has 19 nitrogen and oxygen atoms in total. The number of nitrogens with zero attached hydrogens (tertiary/aromatic N) is 2. The van der Waals surface area contributed by atoms with E-state index in [-0.39, 0.29) is 25.0 Å². The predicted octanol–water partition coefficient (Wildman–Crippen LogP) is -8.60. The molecular weight excluding hydrogens is 504 g/mol. The quantitative estimate of drug-likeness (QED) is 0.0907. The van der Waals surface area contributed by atoms with Crippen molar-refractivity contribution >= 4 is 23.7 Å². The minimum atomic E-state index is -1.85. The van der Waals surface area contributed by atoms with Crippen LogP contribution in [0.4, 0.5) is 0 Å². The van der Waals surface area contributed by atoms with Crippen molar-refractivity contribution in [1.29, 1.82) is 0 Å². The van der Waals surface area contributed by atoms with Crippen molar-refractivity contribution in [2.75, 3.05) is 26.2 Å². The van der Waals surface area contributed by atoms with Crippen molar-refractivity contribution < 1.29 is 54.4 Å². The van der Waals surface area contributed by atoms with Gasteiger partial charge in [-0.15, -0.1) is 0 Å². The highest BCUT2D eigenvalue weighted by molar-refractivity contribution is 5.83. The molecule has 16 N–H and O–H groups in total. The summed E-state index contributed by atoms with van der Waals surface area (Å²) in [6.45, 7) is -1.54. The van der Waals surface area contributed by atoms with Gasteiger partial charge in [0.15, 0.2) is 24.5 Å². The summed E-state index contributed by atoms with van der Waals surface area (Å²) in [5, 5.41) is 66.1. The van der Waals surface area contributed by atoms with E-state index in [0.29, 0.717) is 0 Å². The van der Waals surface area contributed by atoms with Gasteiger partial charge in [-0.05, 0) is 0 Å². The van der Waals surface area contributed by atoms with E-state index in [1.165, 1.54) is 0 Å². The standard InChI is InChI=1S/C18H34N8O11/c19-17(20)25-3-7(27)23-1-5-9(29)11(31)13(33)15(35-5)37-16-14(34)12(32)10(30)6(36-16)2-24-8(28)4-26-18(21)22/h5-6,9-16,29-34H,1-4H2,(H,23,27)(H,24,28)(H4,19,20,25)(H4,21,22,26)/t5-,6-,9-,10-,11+,12+,13-,14-,15-,16-/m1/s1. The Morgan fingerprint density at radius 2 is 1.00 bits per heavy atom. The molecule has 2 rings (SSSR count).